The SMILES string of the molecule is COc1ccc(-c2nnc(SCC(=O)N/N=C/C(Cl)=C/c3ccccc3)n2-c2ccc(OC)cc2)cc1. The highest BCUT2D eigenvalue weighted by atomic mass is 35.5. The summed E-state index contributed by atoms with van der Waals surface area (Å²) in [6.07, 6.45) is 3.14. The van der Waals surface area contributed by atoms with Crippen molar-refractivity contribution in [3.63, 3.8) is 0 Å². The lowest BCUT2D eigenvalue weighted by molar-refractivity contribution is -0.118. The minimum Gasteiger partial charge on any atom is -0.497 e. The van der Waals surface area contributed by atoms with Gasteiger partial charge in [-0.2, -0.15) is 5.10 Å². The van der Waals surface area contributed by atoms with Crippen molar-refractivity contribution in [2.24, 2.45) is 5.10 Å². The van der Waals surface area contributed by atoms with Gasteiger partial charge >= 0.3 is 0 Å². The van der Waals surface area contributed by atoms with E-state index in [1.807, 2.05) is 83.4 Å². The number of carbonyl (C=O) groups excluding carboxylic acids is 1. The van der Waals surface area contributed by atoms with Crippen LogP contribution in [0.3, 0.4) is 0 Å². The summed E-state index contributed by atoms with van der Waals surface area (Å²) in [6.45, 7) is 0. The lowest BCUT2D eigenvalue weighted by atomic mass is 10.2. The number of nitrogens with one attached hydrogen (secondary N) is 1. The van der Waals surface area contributed by atoms with Crippen LogP contribution in [0.2, 0.25) is 0 Å². The minimum atomic E-state index is -0.305. The Labute approximate surface area is 224 Å². The molecule has 0 bridgehead atoms. The summed E-state index contributed by atoms with van der Waals surface area (Å²) in [4.78, 5) is 12.4. The van der Waals surface area contributed by atoms with E-state index in [4.69, 9.17) is 21.1 Å². The van der Waals surface area contributed by atoms with E-state index in [2.05, 4.69) is 20.7 Å². The molecule has 8 nitrogen and oxygen atoms in total. The van der Waals surface area contributed by atoms with Gasteiger partial charge in [-0.3, -0.25) is 9.36 Å². The Hall–Kier alpha value is -4.08. The molecule has 0 aliphatic rings. The molecule has 0 aliphatic heterocycles. The van der Waals surface area contributed by atoms with Crippen molar-refractivity contribution in [1.29, 1.82) is 0 Å². The van der Waals surface area contributed by atoms with Crippen LogP contribution < -0.4 is 14.9 Å². The molecule has 0 radical (unpaired) electrons. The van der Waals surface area contributed by atoms with E-state index in [9.17, 15) is 4.79 Å². The Bertz CT molecular complexity index is 1390. The zero-order valence-corrected chi connectivity index (χ0v) is 21.7. The monoisotopic (exact) mass is 533 g/mol. The van der Waals surface area contributed by atoms with Gasteiger partial charge in [0.15, 0.2) is 11.0 Å². The molecule has 0 saturated heterocycles. The molecule has 1 heterocycles. The Morgan fingerprint density at radius 3 is 2.27 bits per heavy atom. The van der Waals surface area contributed by atoms with Gasteiger partial charge in [0, 0.05) is 11.3 Å². The van der Waals surface area contributed by atoms with Crippen molar-refractivity contribution in [1.82, 2.24) is 20.2 Å². The second-order valence-corrected chi connectivity index (χ2v) is 8.97. The van der Waals surface area contributed by atoms with Gasteiger partial charge in [0.1, 0.15) is 11.5 Å². The minimum absolute atomic E-state index is 0.0776. The van der Waals surface area contributed by atoms with Crippen LogP contribution in [0.25, 0.3) is 23.2 Å². The molecule has 0 unspecified atom stereocenters. The summed E-state index contributed by atoms with van der Waals surface area (Å²) in [5, 5.41) is 13.6. The Balaban J connectivity index is 1.48. The third-order valence-electron chi connectivity index (χ3n) is 5.13. The first kappa shape index (κ1) is 26.0. The highest BCUT2D eigenvalue weighted by molar-refractivity contribution is 7.99. The number of methoxy groups -OCH3 is 2. The van der Waals surface area contributed by atoms with Gasteiger partial charge in [0.25, 0.3) is 5.91 Å². The van der Waals surface area contributed by atoms with Crippen molar-refractivity contribution < 1.29 is 14.3 Å². The van der Waals surface area contributed by atoms with Crippen molar-refractivity contribution in [2.45, 2.75) is 5.16 Å². The van der Waals surface area contributed by atoms with Gasteiger partial charge < -0.3 is 9.47 Å². The topological polar surface area (TPSA) is 90.6 Å². The predicted octanol–water partition coefficient (Wildman–Crippen LogP) is 5.43. The average molecular weight is 534 g/mol. The molecule has 0 saturated carbocycles. The Morgan fingerprint density at radius 1 is 0.973 bits per heavy atom. The van der Waals surface area contributed by atoms with Crippen LogP contribution >= 0.6 is 23.4 Å². The summed E-state index contributed by atoms with van der Waals surface area (Å²) >= 11 is 7.42. The maximum atomic E-state index is 12.4. The quantitative estimate of drug-likeness (QED) is 0.166. The second kappa shape index (κ2) is 12.8. The zero-order valence-electron chi connectivity index (χ0n) is 20.2. The number of benzene rings is 3. The van der Waals surface area contributed by atoms with Crippen molar-refractivity contribution in [2.75, 3.05) is 20.0 Å². The summed E-state index contributed by atoms with van der Waals surface area (Å²) in [7, 11) is 3.23. The summed E-state index contributed by atoms with van der Waals surface area (Å²) in [6, 6.07) is 24.7. The maximum Gasteiger partial charge on any atom is 0.250 e. The average Bonchev–Trinajstić information content (AvgIpc) is 3.36. The first-order valence-electron chi connectivity index (χ1n) is 11.2. The number of ether oxygens (including phenoxy) is 2. The summed E-state index contributed by atoms with van der Waals surface area (Å²) < 4.78 is 12.4. The van der Waals surface area contributed by atoms with Crippen LogP contribution in [-0.2, 0) is 4.79 Å². The van der Waals surface area contributed by atoms with E-state index >= 15 is 0 Å². The Kier molecular flexibility index (Phi) is 8.96. The van der Waals surface area contributed by atoms with Gasteiger partial charge in [-0.15, -0.1) is 10.2 Å². The lowest BCUT2D eigenvalue weighted by Gasteiger charge is -2.11. The molecule has 4 aromatic rings. The highest BCUT2D eigenvalue weighted by Crippen LogP contribution is 2.29. The lowest BCUT2D eigenvalue weighted by Crippen LogP contribution is -2.19. The molecule has 37 heavy (non-hydrogen) atoms. The molecule has 4 rings (SSSR count). The number of nitrogens with zero attached hydrogens (tertiary/aromatic N) is 4. The molecule has 3 aromatic carbocycles. The molecular weight excluding hydrogens is 510 g/mol. The normalized spacial score (nSPS) is 11.5. The fourth-order valence-corrected chi connectivity index (χ4v) is 4.25. The van der Waals surface area contributed by atoms with E-state index in [1.165, 1.54) is 18.0 Å². The van der Waals surface area contributed by atoms with E-state index in [-0.39, 0.29) is 11.7 Å². The molecule has 0 atom stereocenters. The number of rotatable bonds is 10. The smallest absolute Gasteiger partial charge is 0.250 e. The van der Waals surface area contributed by atoms with Crippen LogP contribution in [-0.4, -0.2) is 46.9 Å². The van der Waals surface area contributed by atoms with E-state index in [1.54, 1.807) is 20.3 Å². The Morgan fingerprint density at radius 2 is 1.62 bits per heavy atom. The molecule has 1 aromatic heterocycles. The van der Waals surface area contributed by atoms with Crippen LogP contribution in [0.5, 0.6) is 11.5 Å². The van der Waals surface area contributed by atoms with Gasteiger partial charge in [-0.25, -0.2) is 5.43 Å². The number of thioether (sulfide) groups is 1. The first-order chi connectivity index (χ1) is 18.1. The molecule has 0 aliphatic carbocycles. The van der Waals surface area contributed by atoms with E-state index in [0.29, 0.717) is 16.0 Å². The fraction of sp³-hybridized carbons (Fsp3) is 0.111. The first-order valence-corrected chi connectivity index (χ1v) is 12.5. The third kappa shape index (κ3) is 6.99. The van der Waals surface area contributed by atoms with Gasteiger partial charge in [0.05, 0.1) is 31.2 Å². The number of allylic oxidation sites excluding steroid dienone is 1. The number of aromatic nitrogens is 3. The molecule has 0 spiro atoms. The molecule has 0 fully saturated rings. The maximum absolute atomic E-state index is 12.4. The zero-order chi connectivity index (χ0) is 26.0. The van der Waals surface area contributed by atoms with Crippen LogP contribution in [0.15, 0.2) is 94.2 Å². The second-order valence-electron chi connectivity index (χ2n) is 7.59. The molecule has 1 N–H and O–H groups in total. The third-order valence-corrected chi connectivity index (χ3v) is 6.26. The van der Waals surface area contributed by atoms with Gasteiger partial charge in [-0.1, -0.05) is 53.7 Å². The number of hydrogen-bond acceptors (Lipinski definition) is 7. The number of halogens is 1. The molecule has 1 amide bonds. The standard InChI is InChI=1S/C27H24ClN5O3S/c1-35-23-12-8-20(9-13-23)26-31-32-27(33(26)22-10-14-24(36-2)15-11-22)37-18-25(34)30-29-17-21(28)16-19-6-4-3-5-7-19/h3-17H,18H2,1-2H3,(H,30,34)/b21-16-,29-17+. The van der Waals surface area contributed by atoms with Crippen LogP contribution in [0.4, 0.5) is 0 Å². The predicted molar refractivity (Wildman–Crippen MR) is 148 cm³/mol. The largest absolute Gasteiger partial charge is 0.497 e. The van der Waals surface area contributed by atoms with Crippen molar-refractivity contribution in [3.8, 4) is 28.6 Å². The van der Waals surface area contributed by atoms with Crippen LogP contribution in [0.1, 0.15) is 5.56 Å². The van der Waals surface area contributed by atoms with Crippen molar-refractivity contribution in [3.05, 3.63) is 89.5 Å². The summed E-state index contributed by atoms with van der Waals surface area (Å²) in [5.74, 6) is 1.88. The number of hydrogen-bond donors (Lipinski definition) is 1. The molecule has 188 valence electrons. The van der Waals surface area contributed by atoms with Gasteiger partial charge in [0.2, 0.25) is 0 Å². The van der Waals surface area contributed by atoms with Gasteiger partial charge in [-0.05, 0) is 60.2 Å². The summed E-state index contributed by atoms with van der Waals surface area (Å²) in [5.41, 5.74) is 5.11. The molecular formula is C27H24ClN5O3S. The fourth-order valence-electron chi connectivity index (χ4n) is 3.33. The van der Waals surface area contributed by atoms with E-state index < -0.39 is 0 Å². The van der Waals surface area contributed by atoms with Crippen LogP contribution in [0, 0.1) is 0 Å². The number of carbonyl (C=O) groups is 1. The molecule has 10 heteroatoms. The number of hydrazone groups is 1. The number of amides is 1. The highest BCUT2D eigenvalue weighted by Gasteiger charge is 2.17. The van der Waals surface area contributed by atoms with Crippen molar-refractivity contribution >= 4 is 41.6 Å². The van der Waals surface area contributed by atoms with E-state index in [0.717, 1.165) is 28.3 Å².